The lowest BCUT2D eigenvalue weighted by Crippen LogP contribution is -2.28. The van der Waals surface area contributed by atoms with Crippen LogP contribution in [0.15, 0.2) is 30.7 Å². The van der Waals surface area contributed by atoms with E-state index in [1.54, 1.807) is 12.4 Å². The van der Waals surface area contributed by atoms with Gasteiger partial charge in [-0.15, -0.1) is 0 Å². The van der Waals surface area contributed by atoms with E-state index in [-0.39, 0.29) is 5.78 Å². The van der Waals surface area contributed by atoms with E-state index in [0.29, 0.717) is 19.6 Å². The second kappa shape index (κ2) is 6.72. The molecule has 5 nitrogen and oxygen atoms in total. The molecule has 5 heteroatoms. The number of aromatic nitrogens is 1. The van der Waals surface area contributed by atoms with Crippen molar-refractivity contribution >= 4 is 11.5 Å². The first-order valence-corrected chi connectivity index (χ1v) is 7.57. The highest BCUT2D eigenvalue weighted by molar-refractivity contribution is 5.87. The highest BCUT2D eigenvalue weighted by Gasteiger charge is 2.17. The lowest BCUT2D eigenvalue weighted by Gasteiger charge is -2.24. The fourth-order valence-corrected chi connectivity index (χ4v) is 2.79. The summed E-state index contributed by atoms with van der Waals surface area (Å²) < 4.78 is 5.92. The zero-order valence-electron chi connectivity index (χ0n) is 12.2. The molecule has 1 aromatic rings. The molecule has 0 spiro atoms. The van der Waals surface area contributed by atoms with Crippen molar-refractivity contribution < 1.29 is 9.53 Å². The van der Waals surface area contributed by atoms with Crippen LogP contribution in [0.25, 0.3) is 0 Å². The van der Waals surface area contributed by atoms with Crippen LogP contribution in [-0.4, -0.2) is 48.5 Å². The number of hydrogen-bond acceptors (Lipinski definition) is 5. The molecular formula is C16H21N3O2. The van der Waals surface area contributed by atoms with Crippen LogP contribution < -0.4 is 9.64 Å². The highest BCUT2D eigenvalue weighted by Crippen LogP contribution is 2.28. The zero-order chi connectivity index (χ0) is 14.5. The van der Waals surface area contributed by atoms with Gasteiger partial charge in [-0.25, -0.2) is 0 Å². The predicted molar refractivity (Wildman–Crippen MR) is 81.5 cm³/mol. The van der Waals surface area contributed by atoms with Crippen LogP contribution in [0, 0.1) is 0 Å². The van der Waals surface area contributed by atoms with Crippen molar-refractivity contribution in [3.8, 4) is 5.75 Å². The number of nitrogens with zero attached hydrogens (tertiary/aromatic N) is 3. The van der Waals surface area contributed by atoms with E-state index < -0.39 is 0 Å². The summed E-state index contributed by atoms with van der Waals surface area (Å²) in [5, 5.41) is 0. The number of allylic oxidation sites excluding steroid dienone is 1. The third kappa shape index (κ3) is 3.61. The molecule has 2 aliphatic heterocycles. The van der Waals surface area contributed by atoms with Gasteiger partial charge in [-0.2, -0.15) is 0 Å². The molecule has 112 valence electrons. The topological polar surface area (TPSA) is 45.7 Å². The minimum absolute atomic E-state index is 0.212. The third-order valence-electron chi connectivity index (χ3n) is 3.91. The smallest absolute Gasteiger partial charge is 0.156 e. The normalized spacial score (nSPS) is 19.2. The number of pyridine rings is 1. The van der Waals surface area contributed by atoms with E-state index in [1.165, 1.54) is 25.9 Å². The molecule has 2 aliphatic rings. The molecule has 3 heterocycles. The Hall–Kier alpha value is -1.88. The Balaban J connectivity index is 1.63. The minimum Gasteiger partial charge on any atom is -0.490 e. The maximum atomic E-state index is 11.6. The van der Waals surface area contributed by atoms with Crippen molar-refractivity contribution in [2.75, 3.05) is 37.7 Å². The molecule has 0 saturated carbocycles. The minimum atomic E-state index is 0.212. The molecule has 21 heavy (non-hydrogen) atoms. The Bertz CT molecular complexity index is 524. The van der Waals surface area contributed by atoms with Crippen molar-refractivity contribution in [3.05, 3.63) is 30.7 Å². The SMILES string of the molecule is O=C1CC=CN(c2cnccc2OCCN2CCCC2)C1. The average Bonchev–Trinajstić information content (AvgIpc) is 3.01. The van der Waals surface area contributed by atoms with Crippen molar-refractivity contribution in [1.29, 1.82) is 0 Å². The van der Waals surface area contributed by atoms with Gasteiger partial charge in [0, 0.05) is 31.4 Å². The number of ether oxygens (including phenoxy) is 1. The summed E-state index contributed by atoms with van der Waals surface area (Å²) >= 11 is 0. The van der Waals surface area contributed by atoms with Gasteiger partial charge < -0.3 is 9.64 Å². The molecule has 0 amide bonds. The molecule has 1 saturated heterocycles. The van der Waals surface area contributed by atoms with Crippen LogP contribution in [0.1, 0.15) is 19.3 Å². The summed E-state index contributed by atoms with van der Waals surface area (Å²) in [6.07, 6.45) is 10.4. The van der Waals surface area contributed by atoms with Crippen molar-refractivity contribution in [3.63, 3.8) is 0 Å². The summed E-state index contributed by atoms with van der Waals surface area (Å²) in [6, 6.07) is 1.87. The lowest BCUT2D eigenvalue weighted by atomic mass is 10.2. The summed E-state index contributed by atoms with van der Waals surface area (Å²) in [5.74, 6) is 1.01. The van der Waals surface area contributed by atoms with Gasteiger partial charge in [-0.3, -0.25) is 14.7 Å². The Morgan fingerprint density at radius 2 is 2.14 bits per heavy atom. The maximum Gasteiger partial charge on any atom is 0.156 e. The molecule has 0 atom stereocenters. The summed E-state index contributed by atoms with van der Waals surface area (Å²) in [7, 11) is 0. The molecule has 0 aliphatic carbocycles. The Morgan fingerprint density at radius 1 is 1.29 bits per heavy atom. The highest BCUT2D eigenvalue weighted by atomic mass is 16.5. The van der Waals surface area contributed by atoms with E-state index in [2.05, 4.69) is 9.88 Å². The van der Waals surface area contributed by atoms with E-state index in [1.807, 2.05) is 23.2 Å². The van der Waals surface area contributed by atoms with E-state index in [4.69, 9.17) is 4.74 Å². The van der Waals surface area contributed by atoms with Crippen LogP contribution >= 0.6 is 0 Å². The first-order valence-electron chi connectivity index (χ1n) is 7.57. The molecule has 1 aromatic heterocycles. The summed E-state index contributed by atoms with van der Waals surface area (Å²) in [4.78, 5) is 20.1. The van der Waals surface area contributed by atoms with E-state index >= 15 is 0 Å². The molecular weight excluding hydrogens is 266 g/mol. The molecule has 0 radical (unpaired) electrons. The Morgan fingerprint density at radius 3 is 2.95 bits per heavy atom. The number of hydrogen-bond donors (Lipinski definition) is 0. The van der Waals surface area contributed by atoms with Gasteiger partial charge >= 0.3 is 0 Å². The van der Waals surface area contributed by atoms with E-state index in [0.717, 1.165) is 18.0 Å². The standard InChI is InChI=1S/C16H21N3O2/c20-14-4-3-9-19(13-14)15-12-17-6-5-16(15)21-11-10-18-7-1-2-8-18/h3,5-6,9,12H,1-2,4,7-8,10-11,13H2. The number of carbonyl (C=O) groups is 1. The van der Waals surface area contributed by atoms with Gasteiger partial charge in [-0.05, 0) is 25.9 Å². The Kier molecular flexibility index (Phi) is 4.50. The largest absolute Gasteiger partial charge is 0.490 e. The van der Waals surface area contributed by atoms with Crippen molar-refractivity contribution in [2.45, 2.75) is 19.3 Å². The molecule has 0 bridgehead atoms. The molecule has 3 rings (SSSR count). The van der Waals surface area contributed by atoms with Crippen molar-refractivity contribution in [1.82, 2.24) is 9.88 Å². The van der Waals surface area contributed by atoms with E-state index in [9.17, 15) is 4.79 Å². The fraction of sp³-hybridized carbons (Fsp3) is 0.500. The first kappa shape index (κ1) is 14.1. The quantitative estimate of drug-likeness (QED) is 0.827. The van der Waals surface area contributed by atoms with Crippen LogP contribution in [0.2, 0.25) is 0 Å². The van der Waals surface area contributed by atoms with Crippen LogP contribution in [0.5, 0.6) is 5.75 Å². The molecule has 0 N–H and O–H groups in total. The summed E-state index contributed by atoms with van der Waals surface area (Å²) in [6.45, 7) is 4.37. The number of ketones is 1. The molecule has 0 aromatic carbocycles. The second-order valence-corrected chi connectivity index (χ2v) is 5.50. The van der Waals surface area contributed by atoms with Crippen molar-refractivity contribution in [2.24, 2.45) is 0 Å². The predicted octanol–water partition coefficient (Wildman–Crippen LogP) is 1.85. The van der Waals surface area contributed by atoms with Gasteiger partial charge in [0.2, 0.25) is 0 Å². The molecule has 0 unspecified atom stereocenters. The zero-order valence-corrected chi connectivity index (χ0v) is 12.2. The van der Waals surface area contributed by atoms with Gasteiger partial charge in [0.1, 0.15) is 18.0 Å². The van der Waals surface area contributed by atoms with Gasteiger partial charge in [0.05, 0.1) is 12.7 Å². The first-order chi connectivity index (χ1) is 10.3. The Labute approximate surface area is 125 Å². The van der Waals surface area contributed by atoms with Crippen LogP contribution in [-0.2, 0) is 4.79 Å². The number of rotatable bonds is 5. The number of likely N-dealkylation sites (tertiary alicyclic amines) is 1. The van der Waals surface area contributed by atoms with Gasteiger partial charge in [0.25, 0.3) is 0 Å². The monoisotopic (exact) mass is 287 g/mol. The molecule has 1 fully saturated rings. The third-order valence-corrected chi connectivity index (χ3v) is 3.91. The van der Waals surface area contributed by atoms with Crippen LogP contribution in [0.3, 0.4) is 0 Å². The summed E-state index contributed by atoms with van der Waals surface area (Å²) in [5.41, 5.74) is 0.864. The van der Waals surface area contributed by atoms with Gasteiger partial charge in [0.15, 0.2) is 5.78 Å². The average molecular weight is 287 g/mol. The maximum absolute atomic E-state index is 11.6. The van der Waals surface area contributed by atoms with Crippen LogP contribution in [0.4, 0.5) is 5.69 Å². The lowest BCUT2D eigenvalue weighted by molar-refractivity contribution is -0.117. The second-order valence-electron chi connectivity index (χ2n) is 5.50. The van der Waals surface area contributed by atoms with Gasteiger partial charge in [-0.1, -0.05) is 6.08 Å². The fourth-order valence-electron chi connectivity index (χ4n) is 2.79. The number of carbonyl (C=O) groups excluding carboxylic acids is 1. The number of anilines is 1. The number of Topliss-reactive ketones (excluding diaryl/α,β-unsaturated/α-hetero) is 1.